The third-order valence-electron chi connectivity index (χ3n) is 4.22. The van der Waals surface area contributed by atoms with Crippen LogP contribution in [-0.2, 0) is 13.2 Å². The van der Waals surface area contributed by atoms with Gasteiger partial charge in [-0.25, -0.2) is 4.98 Å². The first-order valence-electron chi connectivity index (χ1n) is 8.76. The first-order valence-corrected chi connectivity index (χ1v) is 8.76. The molecule has 0 unspecified atom stereocenters. The molecule has 5 heteroatoms. The molecule has 0 aliphatic rings. The van der Waals surface area contributed by atoms with Gasteiger partial charge in [0.1, 0.15) is 18.2 Å². The number of hydrogen-bond acceptors (Lipinski definition) is 3. The summed E-state index contributed by atoms with van der Waals surface area (Å²) < 4.78 is 5.74. The van der Waals surface area contributed by atoms with Crippen molar-refractivity contribution in [1.29, 1.82) is 0 Å². The third-order valence-corrected chi connectivity index (χ3v) is 4.22. The Labute approximate surface area is 157 Å². The number of hydrogen-bond donors (Lipinski definition) is 2. The predicted molar refractivity (Wildman–Crippen MR) is 104 cm³/mol. The smallest absolute Gasteiger partial charge is 0.251 e. The zero-order valence-electron chi connectivity index (χ0n) is 14.7. The summed E-state index contributed by atoms with van der Waals surface area (Å²) in [6.45, 7) is 0.845. The second-order valence-electron chi connectivity index (χ2n) is 6.18. The van der Waals surface area contributed by atoms with Crippen LogP contribution in [0.15, 0.2) is 78.9 Å². The number of para-hydroxylation sites is 2. The van der Waals surface area contributed by atoms with Crippen LogP contribution in [0, 0.1) is 0 Å². The second kappa shape index (κ2) is 7.74. The van der Waals surface area contributed by atoms with Crippen LogP contribution >= 0.6 is 0 Å². The van der Waals surface area contributed by atoms with Gasteiger partial charge in [0.25, 0.3) is 5.91 Å². The van der Waals surface area contributed by atoms with Crippen molar-refractivity contribution in [3.63, 3.8) is 0 Å². The SMILES string of the molecule is O=C(NCc1nc2ccccc2[nH]1)c1ccc(OCc2ccccc2)cc1. The highest BCUT2D eigenvalue weighted by Crippen LogP contribution is 2.15. The van der Waals surface area contributed by atoms with E-state index in [0.717, 1.165) is 28.2 Å². The van der Waals surface area contributed by atoms with Crippen molar-refractivity contribution >= 4 is 16.9 Å². The van der Waals surface area contributed by atoms with Gasteiger partial charge in [-0.05, 0) is 42.0 Å². The van der Waals surface area contributed by atoms with E-state index in [1.54, 1.807) is 24.3 Å². The minimum absolute atomic E-state index is 0.148. The molecule has 0 atom stereocenters. The van der Waals surface area contributed by atoms with Crippen LogP contribution < -0.4 is 10.1 Å². The number of aromatic amines is 1. The lowest BCUT2D eigenvalue weighted by molar-refractivity contribution is 0.0950. The van der Waals surface area contributed by atoms with E-state index in [4.69, 9.17) is 4.74 Å². The lowest BCUT2D eigenvalue weighted by atomic mass is 10.2. The average molecular weight is 357 g/mol. The molecule has 0 bridgehead atoms. The van der Waals surface area contributed by atoms with Crippen LogP contribution in [0.2, 0.25) is 0 Å². The van der Waals surface area contributed by atoms with Crippen molar-refractivity contribution in [1.82, 2.24) is 15.3 Å². The number of fused-ring (bicyclic) bond motifs is 1. The summed E-state index contributed by atoms with van der Waals surface area (Å²) >= 11 is 0. The molecule has 0 radical (unpaired) electrons. The van der Waals surface area contributed by atoms with Gasteiger partial charge in [-0.1, -0.05) is 42.5 Å². The lowest BCUT2D eigenvalue weighted by Gasteiger charge is -2.07. The van der Waals surface area contributed by atoms with Crippen molar-refractivity contribution in [2.75, 3.05) is 0 Å². The third kappa shape index (κ3) is 4.15. The predicted octanol–water partition coefficient (Wildman–Crippen LogP) is 4.07. The van der Waals surface area contributed by atoms with Crippen molar-refractivity contribution in [2.45, 2.75) is 13.2 Å². The van der Waals surface area contributed by atoms with Gasteiger partial charge in [-0.15, -0.1) is 0 Å². The number of nitrogens with zero attached hydrogens (tertiary/aromatic N) is 1. The Balaban J connectivity index is 1.33. The summed E-state index contributed by atoms with van der Waals surface area (Å²) in [5, 5.41) is 2.88. The maximum absolute atomic E-state index is 12.3. The van der Waals surface area contributed by atoms with Crippen molar-refractivity contribution < 1.29 is 9.53 Å². The van der Waals surface area contributed by atoms with E-state index in [2.05, 4.69) is 15.3 Å². The normalized spacial score (nSPS) is 10.7. The zero-order chi connectivity index (χ0) is 18.5. The van der Waals surface area contributed by atoms with E-state index in [-0.39, 0.29) is 5.91 Å². The number of benzene rings is 3. The molecule has 0 spiro atoms. The number of H-pyrrole nitrogens is 1. The van der Waals surface area contributed by atoms with Crippen LogP contribution in [0.1, 0.15) is 21.7 Å². The molecule has 1 heterocycles. The summed E-state index contributed by atoms with van der Waals surface area (Å²) in [7, 11) is 0. The number of ether oxygens (including phenoxy) is 1. The van der Waals surface area contributed by atoms with Gasteiger partial charge < -0.3 is 15.0 Å². The molecule has 27 heavy (non-hydrogen) atoms. The van der Waals surface area contributed by atoms with Crippen LogP contribution in [0.5, 0.6) is 5.75 Å². The number of imidazole rings is 1. The van der Waals surface area contributed by atoms with Gasteiger partial charge in [0, 0.05) is 5.56 Å². The quantitative estimate of drug-likeness (QED) is 0.547. The first-order chi connectivity index (χ1) is 13.3. The number of aromatic nitrogens is 2. The molecule has 134 valence electrons. The van der Waals surface area contributed by atoms with E-state index >= 15 is 0 Å². The molecule has 0 fully saturated rings. The highest BCUT2D eigenvalue weighted by Gasteiger charge is 2.08. The number of amides is 1. The van der Waals surface area contributed by atoms with E-state index in [1.807, 2.05) is 54.6 Å². The van der Waals surface area contributed by atoms with Gasteiger partial charge in [0.2, 0.25) is 0 Å². The molecule has 1 aromatic heterocycles. The van der Waals surface area contributed by atoms with Crippen LogP contribution in [0.3, 0.4) is 0 Å². The number of carbonyl (C=O) groups is 1. The molecule has 0 saturated heterocycles. The Morgan fingerprint density at radius 2 is 1.67 bits per heavy atom. The molecule has 5 nitrogen and oxygen atoms in total. The fourth-order valence-corrected chi connectivity index (χ4v) is 2.80. The second-order valence-corrected chi connectivity index (χ2v) is 6.18. The van der Waals surface area contributed by atoms with Gasteiger partial charge in [-0.2, -0.15) is 0 Å². The minimum Gasteiger partial charge on any atom is -0.489 e. The number of rotatable bonds is 6. The highest BCUT2D eigenvalue weighted by molar-refractivity contribution is 5.94. The molecule has 0 aliphatic heterocycles. The number of carbonyl (C=O) groups excluding carboxylic acids is 1. The Morgan fingerprint density at radius 3 is 2.44 bits per heavy atom. The Hall–Kier alpha value is -3.60. The molecule has 0 aliphatic carbocycles. The molecular weight excluding hydrogens is 338 g/mol. The zero-order valence-corrected chi connectivity index (χ0v) is 14.7. The molecular formula is C22H19N3O2. The lowest BCUT2D eigenvalue weighted by Crippen LogP contribution is -2.23. The van der Waals surface area contributed by atoms with Crippen molar-refractivity contribution in [2.24, 2.45) is 0 Å². The van der Waals surface area contributed by atoms with Gasteiger partial charge in [0.15, 0.2) is 0 Å². The molecule has 3 aromatic carbocycles. The Morgan fingerprint density at radius 1 is 0.926 bits per heavy atom. The van der Waals surface area contributed by atoms with Gasteiger partial charge in [0.05, 0.1) is 17.6 Å². The van der Waals surface area contributed by atoms with Crippen molar-refractivity contribution in [3.05, 3.63) is 95.8 Å². The largest absolute Gasteiger partial charge is 0.489 e. The Kier molecular flexibility index (Phi) is 4.83. The highest BCUT2D eigenvalue weighted by atomic mass is 16.5. The fraction of sp³-hybridized carbons (Fsp3) is 0.0909. The van der Waals surface area contributed by atoms with Crippen molar-refractivity contribution in [3.8, 4) is 5.75 Å². The summed E-state index contributed by atoms with van der Waals surface area (Å²) in [6, 6.07) is 24.9. The summed E-state index contributed by atoms with van der Waals surface area (Å²) in [4.78, 5) is 20.0. The van der Waals surface area contributed by atoms with E-state index < -0.39 is 0 Å². The Bertz CT molecular complexity index is 1010. The maximum Gasteiger partial charge on any atom is 0.251 e. The van der Waals surface area contributed by atoms with Crippen LogP contribution in [0.25, 0.3) is 11.0 Å². The molecule has 4 rings (SSSR count). The number of nitrogens with one attached hydrogen (secondary N) is 2. The minimum atomic E-state index is -0.148. The fourth-order valence-electron chi connectivity index (χ4n) is 2.80. The molecule has 0 saturated carbocycles. The monoisotopic (exact) mass is 357 g/mol. The topological polar surface area (TPSA) is 67.0 Å². The van der Waals surface area contributed by atoms with E-state index in [9.17, 15) is 4.79 Å². The molecule has 4 aromatic rings. The van der Waals surface area contributed by atoms with E-state index in [0.29, 0.717) is 18.7 Å². The first kappa shape index (κ1) is 16.8. The van der Waals surface area contributed by atoms with Gasteiger partial charge >= 0.3 is 0 Å². The summed E-state index contributed by atoms with van der Waals surface area (Å²) in [5.74, 6) is 1.31. The average Bonchev–Trinajstić information content (AvgIpc) is 3.15. The standard InChI is InChI=1S/C22H19N3O2/c26-22(23-14-21-24-19-8-4-5-9-20(19)25-21)17-10-12-18(13-11-17)27-15-16-6-2-1-3-7-16/h1-13H,14-15H2,(H,23,26)(H,24,25). The van der Waals surface area contributed by atoms with Crippen LogP contribution in [-0.4, -0.2) is 15.9 Å². The molecule has 2 N–H and O–H groups in total. The van der Waals surface area contributed by atoms with Crippen LogP contribution in [0.4, 0.5) is 0 Å². The summed E-state index contributed by atoms with van der Waals surface area (Å²) in [6.07, 6.45) is 0. The molecule has 1 amide bonds. The maximum atomic E-state index is 12.3. The van der Waals surface area contributed by atoms with E-state index in [1.165, 1.54) is 0 Å². The summed E-state index contributed by atoms with van der Waals surface area (Å²) in [5.41, 5.74) is 3.53. The van der Waals surface area contributed by atoms with Gasteiger partial charge in [-0.3, -0.25) is 4.79 Å².